The average molecular weight is 290 g/mol. The molecule has 20 heavy (non-hydrogen) atoms. The number of hydrogen-bond donors (Lipinski definition) is 1. The predicted molar refractivity (Wildman–Crippen MR) is 61.4 cm³/mol. The Bertz CT molecular complexity index is 571. The first-order valence-corrected chi connectivity index (χ1v) is 5.68. The second-order valence-electron chi connectivity index (χ2n) is 4.32. The number of nitrogens with one attached hydrogen (secondary N) is 1. The van der Waals surface area contributed by atoms with Crippen molar-refractivity contribution in [3.63, 3.8) is 0 Å². The molecule has 1 aliphatic rings. The van der Waals surface area contributed by atoms with Crippen molar-refractivity contribution in [2.75, 3.05) is 11.4 Å². The minimum atomic E-state index is -4.87. The van der Waals surface area contributed by atoms with Crippen LogP contribution < -0.4 is 10.2 Å². The first kappa shape index (κ1) is 14.3. The van der Waals surface area contributed by atoms with Gasteiger partial charge in [0.2, 0.25) is 11.8 Å². The number of halogens is 4. The fourth-order valence-electron chi connectivity index (χ4n) is 1.98. The molecule has 2 rings (SSSR count). The van der Waals surface area contributed by atoms with Gasteiger partial charge in [0.15, 0.2) is 0 Å². The molecular formula is C12H10F4N2O2. The highest BCUT2D eigenvalue weighted by Crippen LogP contribution is 2.34. The van der Waals surface area contributed by atoms with E-state index < -0.39 is 35.4 Å². The Hall–Kier alpha value is -2.12. The zero-order valence-electron chi connectivity index (χ0n) is 10.3. The Morgan fingerprint density at radius 3 is 2.55 bits per heavy atom. The van der Waals surface area contributed by atoms with E-state index >= 15 is 0 Å². The maximum absolute atomic E-state index is 13.2. The van der Waals surface area contributed by atoms with Crippen LogP contribution in [0.15, 0.2) is 18.2 Å². The number of nitrogens with zero attached hydrogens (tertiary/aromatic N) is 1. The second-order valence-corrected chi connectivity index (χ2v) is 4.32. The molecule has 1 N–H and O–H groups in total. The van der Waals surface area contributed by atoms with Crippen molar-refractivity contribution in [1.82, 2.24) is 5.32 Å². The summed E-state index contributed by atoms with van der Waals surface area (Å²) in [7, 11) is 0. The van der Waals surface area contributed by atoms with Crippen LogP contribution in [0.25, 0.3) is 0 Å². The molecule has 4 nitrogen and oxygen atoms in total. The van der Waals surface area contributed by atoms with E-state index in [1.165, 1.54) is 6.92 Å². The van der Waals surface area contributed by atoms with Gasteiger partial charge in [0, 0.05) is 5.69 Å². The summed E-state index contributed by atoms with van der Waals surface area (Å²) < 4.78 is 51.1. The molecule has 1 fully saturated rings. The lowest BCUT2D eigenvalue weighted by Gasteiger charge is -2.33. The van der Waals surface area contributed by atoms with Crippen molar-refractivity contribution in [3.8, 4) is 0 Å². The quantitative estimate of drug-likeness (QED) is 0.800. The largest absolute Gasteiger partial charge is 0.419 e. The highest BCUT2D eigenvalue weighted by Gasteiger charge is 2.37. The van der Waals surface area contributed by atoms with Gasteiger partial charge in [-0.25, -0.2) is 4.39 Å². The molecule has 1 aliphatic heterocycles. The monoisotopic (exact) mass is 290 g/mol. The Balaban J connectivity index is 2.47. The van der Waals surface area contributed by atoms with Crippen molar-refractivity contribution < 1.29 is 27.2 Å². The predicted octanol–water partition coefficient (Wildman–Crippen LogP) is 1.70. The highest BCUT2D eigenvalue weighted by molar-refractivity contribution is 6.06. The molecule has 1 aromatic rings. The second kappa shape index (κ2) is 4.77. The van der Waals surface area contributed by atoms with Crippen LogP contribution in [0.3, 0.4) is 0 Å². The molecular weight excluding hydrogens is 280 g/mol. The van der Waals surface area contributed by atoms with Gasteiger partial charge in [0.1, 0.15) is 11.9 Å². The molecule has 0 spiro atoms. The van der Waals surface area contributed by atoms with Gasteiger partial charge in [-0.05, 0) is 25.1 Å². The number of rotatable bonds is 1. The number of hydrogen-bond acceptors (Lipinski definition) is 2. The lowest BCUT2D eigenvalue weighted by atomic mass is 10.1. The number of benzene rings is 1. The summed E-state index contributed by atoms with van der Waals surface area (Å²) in [6, 6.07) is 1.24. The topological polar surface area (TPSA) is 49.4 Å². The Morgan fingerprint density at radius 1 is 1.30 bits per heavy atom. The van der Waals surface area contributed by atoms with Gasteiger partial charge < -0.3 is 5.32 Å². The first-order valence-electron chi connectivity index (χ1n) is 5.68. The van der Waals surface area contributed by atoms with E-state index in [1.807, 2.05) is 0 Å². The van der Waals surface area contributed by atoms with Crippen molar-refractivity contribution in [2.45, 2.75) is 19.1 Å². The van der Waals surface area contributed by atoms with Crippen LogP contribution in [0.4, 0.5) is 23.2 Å². The molecule has 1 unspecified atom stereocenters. The van der Waals surface area contributed by atoms with Gasteiger partial charge in [-0.3, -0.25) is 14.5 Å². The summed E-state index contributed by atoms with van der Waals surface area (Å²) in [5, 5.41) is 2.31. The summed E-state index contributed by atoms with van der Waals surface area (Å²) in [6.45, 7) is 1.07. The van der Waals surface area contributed by atoms with Crippen molar-refractivity contribution in [2.24, 2.45) is 0 Å². The van der Waals surface area contributed by atoms with Gasteiger partial charge in [-0.1, -0.05) is 0 Å². The Kier molecular flexibility index (Phi) is 3.41. The van der Waals surface area contributed by atoms with Gasteiger partial charge in [0.25, 0.3) is 0 Å². The smallest absolute Gasteiger partial charge is 0.345 e. The van der Waals surface area contributed by atoms with Crippen LogP contribution >= 0.6 is 0 Å². The fourth-order valence-corrected chi connectivity index (χ4v) is 1.98. The number of carbonyl (C=O) groups excluding carboxylic acids is 2. The van der Waals surface area contributed by atoms with Gasteiger partial charge in [-0.15, -0.1) is 0 Å². The number of amides is 2. The summed E-state index contributed by atoms with van der Waals surface area (Å²) >= 11 is 0. The SMILES string of the molecule is CC1C(=O)NCC(=O)N1c1ccc(F)c(C(F)(F)F)c1. The van der Waals surface area contributed by atoms with Crippen molar-refractivity contribution >= 4 is 17.5 Å². The molecule has 1 saturated heterocycles. The third-order valence-electron chi connectivity index (χ3n) is 2.98. The summed E-state index contributed by atoms with van der Waals surface area (Å²) in [5.74, 6) is -2.47. The number of anilines is 1. The van der Waals surface area contributed by atoms with Crippen LogP contribution in [0, 0.1) is 5.82 Å². The molecule has 108 valence electrons. The van der Waals surface area contributed by atoms with Gasteiger partial charge >= 0.3 is 6.18 Å². The van der Waals surface area contributed by atoms with E-state index in [0.29, 0.717) is 12.1 Å². The molecule has 0 aliphatic carbocycles. The normalized spacial score (nSPS) is 20.1. The average Bonchev–Trinajstić information content (AvgIpc) is 2.35. The third-order valence-corrected chi connectivity index (χ3v) is 2.98. The summed E-state index contributed by atoms with van der Waals surface area (Å²) in [5.41, 5.74) is -1.63. The fraction of sp³-hybridized carbons (Fsp3) is 0.333. The van der Waals surface area contributed by atoms with E-state index in [4.69, 9.17) is 0 Å². The molecule has 1 atom stereocenters. The zero-order valence-corrected chi connectivity index (χ0v) is 10.3. The summed E-state index contributed by atoms with van der Waals surface area (Å²) in [4.78, 5) is 24.1. The lowest BCUT2D eigenvalue weighted by Crippen LogP contribution is -2.57. The van der Waals surface area contributed by atoms with E-state index in [9.17, 15) is 27.2 Å². The van der Waals surface area contributed by atoms with Crippen LogP contribution in [0.1, 0.15) is 12.5 Å². The minimum absolute atomic E-state index is 0.161. The molecule has 0 saturated carbocycles. The van der Waals surface area contributed by atoms with E-state index in [0.717, 1.165) is 11.0 Å². The first-order chi connectivity index (χ1) is 9.21. The minimum Gasteiger partial charge on any atom is -0.345 e. The van der Waals surface area contributed by atoms with Crippen LogP contribution in [0.5, 0.6) is 0 Å². The molecule has 0 aromatic heterocycles. The van der Waals surface area contributed by atoms with E-state index in [2.05, 4.69) is 5.32 Å². The van der Waals surface area contributed by atoms with Gasteiger partial charge in [0.05, 0.1) is 12.1 Å². The Labute approximate surface area is 111 Å². The van der Waals surface area contributed by atoms with Crippen LogP contribution in [-0.4, -0.2) is 24.4 Å². The zero-order chi connectivity index (χ0) is 15.1. The van der Waals surface area contributed by atoms with Gasteiger partial charge in [-0.2, -0.15) is 13.2 Å². The number of carbonyl (C=O) groups is 2. The lowest BCUT2D eigenvalue weighted by molar-refractivity contribution is -0.140. The molecule has 8 heteroatoms. The molecule has 1 heterocycles. The van der Waals surface area contributed by atoms with E-state index in [-0.39, 0.29) is 12.2 Å². The van der Waals surface area contributed by atoms with Crippen molar-refractivity contribution in [1.29, 1.82) is 0 Å². The molecule has 1 aromatic carbocycles. The van der Waals surface area contributed by atoms with Crippen LogP contribution in [-0.2, 0) is 15.8 Å². The number of alkyl halides is 3. The molecule has 2 amide bonds. The number of piperazine rings is 1. The highest BCUT2D eigenvalue weighted by atomic mass is 19.4. The maximum Gasteiger partial charge on any atom is 0.419 e. The van der Waals surface area contributed by atoms with E-state index in [1.54, 1.807) is 0 Å². The standard InChI is InChI=1S/C12H10F4N2O2/c1-6-11(20)17-5-10(19)18(6)7-2-3-9(13)8(4-7)12(14,15)16/h2-4,6H,5H2,1H3,(H,17,20). The maximum atomic E-state index is 13.2. The molecule has 0 radical (unpaired) electrons. The third kappa shape index (κ3) is 2.45. The Morgan fingerprint density at radius 2 is 1.95 bits per heavy atom. The molecule has 0 bridgehead atoms. The van der Waals surface area contributed by atoms with Crippen LogP contribution in [0.2, 0.25) is 0 Å². The summed E-state index contributed by atoms with van der Waals surface area (Å²) in [6.07, 6.45) is -4.87. The van der Waals surface area contributed by atoms with Crippen molar-refractivity contribution in [3.05, 3.63) is 29.6 Å².